The van der Waals surface area contributed by atoms with Crippen molar-refractivity contribution in [2.75, 3.05) is 33.4 Å². The smallest absolute Gasteiger partial charge is 0.163 e. The van der Waals surface area contributed by atoms with E-state index in [1.807, 2.05) is 36.4 Å². The molecule has 34 heavy (non-hydrogen) atoms. The first-order chi connectivity index (χ1) is 16.7. The van der Waals surface area contributed by atoms with Crippen LogP contribution in [-0.2, 0) is 6.42 Å². The maximum absolute atomic E-state index is 10.7. The fourth-order valence-electron chi connectivity index (χ4n) is 5.71. The van der Waals surface area contributed by atoms with Crippen molar-refractivity contribution in [3.05, 3.63) is 82.9 Å². The van der Waals surface area contributed by atoms with Crippen LogP contribution >= 0.6 is 0 Å². The van der Waals surface area contributed by atoms with E-state index < -0.39 is 0 Å². The Labute approximate surface area is 201 Å². The van der Waals surface area contributed by atoms with E-state index in [9.17, 15) is 10.2 Å². The molecule has 178 valence electrons. The molecule has 1 heterocycles. The second-order valence-corrected chi connectivity index (χ2v) is 9.33. The first kappa shape index (κ1) is 22.6. The molecule has 1 saturated heterocycles. The fourth-order valence-corrected chi connectivity index (χ4v) is 5.71. The van der Waals surface area contributed by atoms with Gasteiger partial charge in [-0.25, -0.2) is 0 Å². The molecule has 5 rings (SSSR count). The summed E-state index contributed by atoms with van der Waals surface area (Å²) in [7, 11) is 1.60. The molecule has 1 fully saturated rings. The summed E-state index contributed by atoms with van der Waals surface area (Å²) in [5, 5.41) is 21.0. The summed E-state index contributed by atoms with van der Waals surface area (Å²) in [6.45, 7) is 4.02. The summed E-state index contributed by atoms with van der Waals surface area (Å²) in [5.74, 6) is 2.08. The fraction of sp³-hybridized carbons (Fsp3) is 0.379. The largest absolute Gasteiger partial charge is 0.508 e. The highest BCUT2D eigenvalue weighted by Gasteiger charge is 2.35. The van der Waals surface area contributed by atoms with E-state index in [1.54, 1.807) is 19.2 Å². The molecule has 1 aliphatic carbocycles. The van der Waals surface area contributed by atoms with E-state index >= 15 is 0 Å². The van der Waals surface area contributed by atoms with Gasteiger partial charge in [-0.05, 0) is 85.6 Å². The Kier molecular flexibility index (Phi) is 6.63. The summed E-state index contributed by atoms with van der Waals surface area (Å²) < 4.78 is 11.6. The van der Waals surface area contributed by atoms with Gasteiger partial charge in [0.1, 0.15) is 18.1 Å². The Morgan fingerprint density at radius 1 is 0.882 bits per heavy atom. The first-order valence-electron chi connectivity index (χ1n) is 12.3. The van der Waals surface area contributed by atoms with Crippen LogP contribution in [0.4, 0.5) is 0 Å². The lowest BCUT2D eigenvalue weighted by atomic mass is 9.69. The highest BCUT2D eigenvalue weighted by molar-refractivity contribution is 5.56. The van der Waals surface area contributed by atoms with Crippen molar-refractivity contribution >= 4 is 0 Å². The third-order valence-corrected chi connectivity index (χ3v) is 7.37. The van der Waals surface area contributed by atoms with Crippen LogP contribution < -0.4 is 9.47 Å². The van der Waals surface area contributed by atoms with Gasteiger partial charge < -0.3 is 19.7 Å². The predicted octanol–water partition coefficient (Wildman–Crippen LogP) is 5.44. The maximum atomic E-state index is 10.7. The highest BCUT2D eigenvalue weighted by Crippen LogP contribution is 2.51. The van der Waals surface area contributed by atoms with E-state index in [-0.39, 0.29) is 17.6 Å². The molecular formula is C29H33NO4. The Hall–Kier alpha value is -3.18. The van der Waals surface area contributed by atoms with Crippen LogP contribution in [0.25, 0.3) is 0 Å². The second kappa shape index (κ2) is 9.98. The van der Waals surface area contributed by atoms with E-state index in [0.29, 0.717) is 18.1 Å². The Balaban J connectivity index is 1.45. The number of para-hydroxylation sites is 1. The number of methoxy groups -OCH3 is 1. The standard InChI is InChI=1S/C29H33NO4/c1-33-29-25-13-12-23(22-6-2-3-7-26(22)31)28(24(25)14-15-27(29)32)20-8-10-21(11-9-20)34-19-18-30-16-4-5-17-30/h2-3,6-11,14-15,23,28,31-32H,4-5,12-13,16-19H2,1H3/t23-,28+/m1/s1. The molecular weight excluding hydrogens is 426 g/mol. The molecule has 1 aliphatic heterocycles. The number of hydrogen-bond donors (Lipinski definition) is 2. The molecule has 2 atom stereocenters. The van der Waals surface area contributed by atoms with Crippen LogP contribution in [0.1, 0.15) is 53.4 Å². The summed E-state index contributed by atoms with van der Waals surface area (Å²) in [5.41, 5.74) is 4.30. The molecule has 3 aromatic rings. The molecule has 0 bridgehead atoms. The van der Waals surface area contributed by atoms with Gasteiger partial charge in [-0.1, -0.05) is 36.4 Å². The Bertz CT molecular complexity index is 1120. The number of phenolic OH excluding ortho intramolecular Hbond substituents is 2. The first-order valence-corrected chi connectivity index (χ1v) is 12.3. The lowest BCUT2D eigenvalue weighted by Gasteiger charge is -2.35. The van der Waals surface area contributed by atoms with Gasteiger partial charge in [0.25, 0.3) is 0 Å². The van der Waals surface area contributed by atoms with Crippen molar-refractivity contribution in [1.82, 2.24) is 4.90 Å². The number of hydrogen-bond acceptors (Lipinski definition) is 5. The van der Waals surface area contributed by atoms with Gasteiger partial charge in [-0.15, -0.1) is 0 Å². The van der Waals surface area contributed by atoms with Gasteiger partial charge in [-0.2, -0.15) is 0 Å². The number of aromatic hydroxyl groups is 2. The second-order valence-electron chi connectivity index (χ2n) is 9.33. The number of phenols is 2. The number of nitrogens with zero attached hydrogens (tertiary/aromatic N) is 1. The molecule has 0 spiro atoms. The molecule has 5 nitrogen and oxygen atoms in total. The zero-order valence-corrected chi connectivity index (χ0v) is 19.7. The quantitative estimate of drug-likeness (QED) is 0.492. The molecule has 0 aromatic heterocycles. The lowest BCUT2D eigenvalue weighted by Crippen LogP contribution is -2.25. The molecule has 0 radical (unpaired) electrons. The third-order valence-electron chi connectivity index (χ3n) is 7.37. The zero-order chi connectivity index (χ0) is 23.5. The van der Waals surface area contributed by atoms with Gasteiger partial charge in [0.2, 0.25) is 0 Å². The van der Waals surface area contributed by atoms with Gasteiger partial charge in [0.15, 0.2) is 11.5 Å². The van der Waals surface area contributed by atoms with Gasteiger partial charge >= 0.3 is 0 Å². The minimum Gasteiger partial charge on any atom is -0.508 e. The summed E-state index contributed by atoms with van der Waals surface area (Å²) in [6, 6.07) is 19.7. The Morgan fingerprint density at radius 2 is 1.65 bits per heavy atom. The number of rotatable bonds is 7. The van der Waals surface area contributed by atoms with Gasteiger partial charge in [0.05, 0.1) is 7.11 Å². The molecule has 0 unspecified atom stereocenters. The van der Waals surface area contributed by atoms with E-state index in [2.05, 4.69) is 17.0 Å². The average molecular weight is 460 g/mol. The summed E-state index contributed by atoms with van der Waals surface area (Å²) in [6.07, 6.45) is 4.21. The monoisotopic (exact) mass is 459 g/mol. The topological polar surface area (TPSA) is 62.2 Å². The van der Waals surface area contributed by atoms with Crippen LogP contribution in [-0.4, -0.2) is 48.5 Å². The SMILES string of the molecule is COc1c(O)ccc2c1CC[C@H](c1ccccc1O)[C@@H]2c1ccc(OCCN2CCCC2)cc1. The summed E-state index contributed by atoms with van der Waals surface area (Å²) >= 11 is 0. The minimum atomic E-state index is 0.0326. The average Bonchev–Trinajstić information content (AvgIpc) is 3.38. The van der Waals surface area contributed by atoms with Gasteiger partial charge in [-0.3, -0.25) is 4.90 Å². The number of benzene rings is 3. The van der Waals surface area contributed by atoms with Crippen LogP contribution in [0.15, 0.2) is 60.7 Å². The summed E-state index contributed by atoms with van der Waals surface area (Å²) in [4.78, 5) is 2.45. The lowest BCUT2D eigenvalue weighted by molar-refractivity contribution is 0.237. The van der Waals surface area contributed by atoms with E-state index in [4.69, 9.17) is 9.47 Å². The molecule has 2 aliphatic rings. The van der Waals surface area contributed by atoms with Crippen LogP contribution in [0.2, 0.25) is 0 Å². The molecule has 0 saturated carbocycles. The van der Waals surface area contributed by atoms with E-state index in [0.717, 1.165) is 47.4 Å². The predicted molar refractivity (Wildman–Crippen MR) is 133 cm³/mol. The Morgan fingerprint density at radius 3 is 2.38 bits per heavy atom. The maximum Gasteiger partial charge on any atom is 0.163 e. The van der Waals surface area contributed by atoms with Crippen molar-refractivity contribution < 1.29 is 19.7 Å². The van der Waals surface area contributed by atoms with Gasteiger partial charge in [0, 0.05) is 18.0 Å². The number of fused-ring (bicyclic) bond motifs is 1. The van der Waals surface area contributed by atoms with Crippen molar-refractivity contribution in [3.63, 3.8) is 0 Å². The zero-order valence-electron chi connectivity index (χ0n) is 19.7. The van der Waals surface area contributed by atoms with Crippen LogP contribution in [0, 0.1) is 0 Å². The molecule has 0 amide bonds. The van der Waals surface area contributed by atoms with Crippen LogP contribution in [0.3, 0.4) is 0 Å². The normalized spacial score (nSPS) is 20.1. The minimum absolute atomic E-state index is 0.0326. The van der Waals surface area contributed by atoms with Crippen LogP contribution in [0.5, 0.6) is 23.0 Å². The molecule has 2 N–H and O–H groups in total. The van der Waals surface area contributed by atoms with Crippen molar-refractivity contribution in [3.8, 4) is 23.0 Å². The highest BCUT2D eigenvalue weighted by atomic mass is 16.5. The molecule has 3 aromatic carbocycles. The number of likely N-dealkylation sites (tertiary alicyclic amines) is 1. The van der Waals surface area contributed by atoms with Crippen molar-refractivity contribution in [2.24, 2.45) is 0 Å². The molecule has 5 heteroatoms. The third kappa shape index (κ3) is 4.45. The van der Waals surface area contributed by atoms with Crippen molar-refractivity contribution in [2.45, 2.75) is 37.5 Å². The van der Waals surface area contributed by atoms with E-state index in [1.165, 1.54) is 25.9 Å². The van der Waals surface area contributed by atoms with Crippen molar-refractivity contribution in [1.29, 1.82) is 0 Å². The number of ether oxygens (including phenoxy) is 2.